The Morgan fingerprint density at radius 1 is 1.11 bits per heavy atom. The Kier molecular flexibility index (Phi) is 5.55. The van der Waals surface area contributed by atoms with Crippen LogP contribution in [0.3, 0.4) is 0 Å². The fourth-order valence-electron chi connectivity index (χ4n) is 2.09. The molecule has 0 saturated carbocycles. The first-order chi connectivity index (χ1) is 9.35. The number of thiazole rings is 1. The van der Waals surface area contributed by atoms with E-state index in [4.69, 9.17) is 4.98 Å². The van der Waals surface area contributed by atoms with Crippen LogP contribution in [-0.4, -0.2) is 18.1 Å². The summed E-state index contributed by atoms with van der Waals surface area (Å²) in [6.07, 6.45) is 3.32. The molecule has 0 aliphatic rings. The van der Waals surface area contributed by atoms with Gasteiger partial charge in [0.1, 0.15) is 0 Å². The first kappa shape index (κ1) is 14.2. The first-order valence-corrected chi connectivity index (χ1v) is 7.91. The van der Waals surface area contributed by atoms with E-state index in [2.05, 4.69) is 49.5 Å². The van der Waals surface area contributed by atoms with Crippen molar-refractivity contribution < 1.29 is 0 Å². The van der Waals surface area contributed by atoms with Gasteiger partial charge in [0, 0.05) is 17.0 Å². The molecule has 0 aliphatic heterocycles. The van der Waals surface area contributed by atoms with Crippen LogP contribution in [0.4, 0.5) is 0 Å². The summed E-state index contributed by atoms with van der Waals surface area (Å²) in [6.45, 7) is 6.42. The van der Waals surface area contributed by atoms with E-state index in [1.165, 1.54) is 21.1 Å². The van der Waals surface area contributed by atoms with Crippen LogP contribution in [0.5, 0.6) is 0 Å². The maximum atomic E-state index is 4.84. The molecule has 0 fully saturated rings. The van der Waals surface area contributed by atoms with Gasteiger partial charge < -0.3 is 5.32 Å². The van der Waals surface area contributed by atoms with Gasteiger partial charge in [-0.2, -0.15) is 0 Å². The molecule has 1 aromatic heterocycles. The summed E-state index contributed by atoms with van der Waals surface area (Å²) in [4.78, 5) is 6.25. The SMILES string of the molecule is CCCc1nc(-c2ccccc2)c(CCNCC)s1. The third-order valence-corrected chi connectivity index (χ3v) is 4.21. The fraction of sp³-hybridized carbons (Fsp3) is 0.438. The van der Waals surface area contributed by atoms with Gasteiger partial charge in [0.15, 0.2) is 0 Å². The second kappa shape index (κ2) is 7.41. The molecule has 102 valence electrons. The third kappa shape index (κ3) is 3.88. The van der Waals surface area contributed by atoms with Crippen molar-refractivity contribution in [1.29, 1.82) is 0 Å². The monoisotopic (exact) mass is 274 g/mol. The van der Waals surface area contributed by atoms with Gasteiger partial charge in [-0.3, -0.25) is 0 Å². The molecule has 2 rings (SSSR count). The smallest absolute Gasteiger partial charge is 0.0935 e. The minimum atomic E-state index is 1.03. The number of nitrogens with one attached hydrogen (secondary N) is 1. The quantitative estimate of drug-likeness (QED) is 0.774. The van der Waals surface area contributed by atoms with E-state index in [1.807, 2.05) is 11.3 Å². The van der Waals surface area contributed by atoms with Crippen LogP contribution < -0.4 is 5.32 Å². The number of benzene rings is 1. The van der Waals surface area contributed by atoms with Gasteiger partial charge in [-0.1, -0.05) is 44.2 Å². The molecule has 0 saturated heterocycles. The highest BCUT2D eigenvalue weighted by molar-refractivity contribution is 7.12. The Morgan fingerprint density at radius 2 is 1.89 bits per heavy atom. The van der Waals surface area contributed by atoms with E-state index >= 15 is 0 Å². The molecule has 0 spiro atoms. The minimum Gasteiger partial charge on any atom is -0.317 e. The molecule has 0 unspecified atom stereocenters. The lowest BCUT2D eigenvalue weighted by molar-refractivity contribution is 0.721. The average Bonchev–Trinajstić information content (AvgIpc) is 2.84. The number of nitrogens with zero attached hydrogens (tertiary/aromatic N) is 1. The van der Waals surface area contributed by atoms with Gasteiger partial charge in [0.2, 0.25) is 0 Å². The van der Waals surface area contributed by atoms with E-state index in [9.17, 15) is 0 Å². The Hall–Kier alpha value is -1.19. The lowest BCUT2D eigenvalue weighted by Gasteiger charge is -2.03. The van der Waals surface area contributed by atoms with Crippen molar-refractivity contribution in [3.8, 4) is 11.3 Å². The number of aryl methyl sites for hydroxylation is 1. The fourth-order valence-corrected chi connectivity index (χ4v) is 3.28. The van der Waals surface area contributed by atoms with Crippen LogP contribution in [0.15, 0.2) is 30.3 Å². The van der Waals surface area contributed by atoms with E-state index < -0.39 is 0 Å². The highest BCUT2D eigenvalue weighted by Crippen LogP contribution is 2.29. The largest absolute Gasteiger partial charge is 0.317 e. The van der Waals surface area contributed by atoms with Crippen molar-refractivity contribution in [3.63, 3.8) is 0 Å². The predicted molar refractivity (Wildman–Crippen MR) is 83.8 cm³/mol. The number of aromatic nitrogens is 1. The highest BCUT2D eigenvalue weighted by Gasteiger charge is 2.12. The summed E-state index contributed by atoms with van der Waals surface area (Å²) >= 11 is 1.88. The maximum Gasteiger partial charge on any atom is 0.0935 e. The maximum absolute atomic E-state index is 4.84. The van der Waals surface area contributed by atoms with E-state index in [-0.39, 0.29) is 0 Å². The van der Waals surface area contributed by atoms with Crippen LogP contribution in [0.1, 0.15) is 30.2 Å². The normalized spacial score (nSPS) is 10.8. The molecule has 2 aromatic rings. The zero-order chi connectivity index (χ0) is 13.5. The van der Waals surface area contributed by atoms with Gasteiger partial charge in [0.05, 0.1) is 10.7 Å². The second-order valence-corrected chi connectivity index (χ2v) is 5.77. The van der Waals surface area contributed by atoms with Gasteiger partial charge in [-0.25, -0.2) is 4.98 Å². The molecule has 2 nitrogen and oxygen atoms in total. The van der Waals surface area contributed by atoms with Crippen molar-refractivity contribution in [3.05, 3.63) is 40.2 Å². The molecule has 0 atom stereocenters. The van der Waals surface area contributed by atoms with Crippen LogP contribution in [0.2, 0.25) is 0 Å². The van der Waals surface area contributed by atoms with E-state index in [0.717, 1.165) is 32.4 Å². The van der Waals surface area contributed by atoms with Crippen LogP contribution in [0, 0.1) is 0 Å². The second-order valence-electron chi connectivity index (χ2n) is 4.60. The van der Waals surface area contributed by atoms with E-state index in [0.29, 0.717) is 0 Å². The summed E-state index contributed by atoms with van der Waals surface area (Å²) in [5, 5.41) is 4.67. The van der Waals surface area contributed by atoms with Crippen molar-refractivity contribution in [1.82, 2.24) is 10.3 Å². The summed E-state index contributed by atoms with van der Waals surface area (Å²) in [5.74, 6) is 0. The molecule has 1 heterocycles. The standard InChI is InChI=1S/C16H22N2S/c1-3-8-15-18-16(13-9-6-5-7-10-13)14(19-15)11-12-17-4-2/h5-7,9-10,17H,3-4,8,11-12H2,1-2H3. The van der Waals surface area contributed by atoms with Crippen LogP contribution in [0.25, 0.3) is 11.3 Å². The number of hydrogen-bond acceptors (Lipinski definition) is 3. The van der Waals surface area contributed by atoms with Gasteiger partial charge in [-0.15, -0.1) is 11.3 Å². The summed E-state index contributed by atoms with van der Waals surface area (Å²) in [6, 6.07) is 10.5. The molecular weight excluding hydrogens is 252 g/mol. The van der Waals surface area contributed by atoms with Crippen molar-refractivity contribution >= 4 is 11.3 Å². The molecule has 1 aromatic carbocycles. The first-order valence-electron chi connectivity index (χ1n) is 7.09. The summed E-state index contributed by atoms with van der Waals surface area (Å²) in [5.41, 5.74) is 2.43. The number of rotatable bonds is 7. The van der Waals surface area contributed by atoms with Crippen molar-refractivity contribution in [2.45, 2.75) is 33.1 Å². The Labute approximate surface area is 119 Å². The summed E-state index contributed by atoms with van der Waals surface area (Å²) < 4.78 is 0. The average molecular weight is 274 g/mol. The topological polar surface area (TPSA) is 24.9 Å². The molecule has 3 heteroatoms. The summed E-state index contributed by atoms with van der Waals surface area (Å²) in [7, 11) is 0. The zero-order valence-corrected chi connectivity index (χ0v) is 12.6. The molecular formula is C16H22N2S. The zero-order valence-electron chi connectivity index (χ0n) is 11.8. The highest BCUT2D eigenvalue weighted by atomic mass is 32.1. The third-order valence-electron chi connectivity index (χ3n) is 3.03. The Balaban J connectivity index is 2.23. The van der Waals surface area contributed by atoms with Crippen molar-refractivity contribution in [2.24, 2.45) is 0 Å². The molecule has 0 radical (unpaired) electrons. The van der Waals surface area contributed by atoms with E-state index in [1.54, 1.807) is 0 Å². The van der Waals surface area contributed by atoms with Gasteiger partial charge in [0.25, 0.3) is 0 Å². The van der Waals surface area contributed by atoms with Crippen LogP contribution >= 0.6 is 11.3 Å². The lowest BCUT2D eigenvalue weighted by atomic mass is 10.1. The number of hydrogen-bond donors (Lipinski definition) is 1. The van der Waals surface area contributed by atoms with Crippen LogP contribution in [-0.2, 0) is 12.8 Å². The molecule has 19 heavy (non-hydrogen) atoms. The van der Waals surface area contributed by atoms with Gasteiger partial charge in [-0.05, 0) is 25.8 Å². The number of likely N-dealkylation sites (N-methyl/N-ethyl adjacent to an activating group) is 1. The predicted octanol–water partition coefficient (Wildman–Crippen LogP) is 3.91. The molecule has 0 bridgehead atoms. The Morgan fingerprint density at radius 3 is 2.58 bits per heavy atom. The Bertz CT molecular complexity index is 491. The van der Waals surface area contributed by atoms with Gasteiger partial charge >= 0.3 is 0 Å². The molecule has 0 aliphatic carbocycles. The molecule has 1 N–H and O–H groups in total. The molecule has 0 amide bonds. The lowest BCUT2D eigenvalue weighted by Crippen LogP contribution is -2.15. The minimum absolute atomic E-state index is 1.03. The van der Waals surface area contributed by atoms with Crippen molar-refractivity contribution in [2.75, 3.05) is 13.1 Å².